The van der Waals surface area contributed by atoms with Crippen LogP contribution in [0.5, 0.6) is 0 Å². The Balaban J connectivity index is 3.93. The fourth-order valence-electron chi connectivity index (χ4n) is 2.36. The summed E-state index contributed by atoms with van der Waals surface area (Å²) in [5.74, 6) is -25.4. The fraction of sp³-hybridized carbons (Fsp3) is 1.00. The lowest BCUT2D eigenvalue weighted by molar-refractivity contribution is -0.471. The van der Waals surface area contributed by atoms with Gasteiger partial charge in [-0.15, -0.1) is 0 Å². The summed E-state index contributed by atoms with van der Waals surface area (Å²) in [4.78, 5) is 0. The molecule has 1 aliphatic carbocycles. The molecule has 10 heteroatoms. The van der Waals surface area contributed by atoms with Gasteiger partial charge in [-0.3, -0.25) is 0 Å². The van der Waals surface area contributed by atoms with Gasteiger partial charge in [0.25, 0.3) is 5.67 Å². The molecular formula is C11H12F10. The fourth-order valence-corrected chi connectivity index (χ4v) is 2.36. The Labute approximate surface area is 113 Å². The van der Waals surface area contributed by atoms with Crippen molar-refractivity contribution in [1.82, 2.24) is 0 Å². The van der Waals surface area contributed by atoms with Crippen LogP contribution in [0.25, 0.3) is 0 Å². The average Bonchev–Trinajstić information content (AvgIpc) is 2.23. The van der Waals surface area contributed by atoms with Crippen LogP contribution in [-0.4, -0.2) is 35.0 Å². The van der Waals surface area contributed by atoms with Gasteiger partial charge in [0.1, 0.15) is 0 Å². The van der Waals surface area contributed by atoms with Crippen LogP contribution in [-0.2, 0) is 0 Å². The van der Waals surface area contributed by atoms with E-state index in [2.05, 4.69) is 0 Å². The first kappa shape index (κ1) is 18.3. The highest BCUT2D eigenvalue weighted by Gasteiger charge is 2.99. The number of hydrogen-bond acceptors (Lipinski definition) is 0. The first-order valence-corrected chi connectivity index (χ1v) is 5.64. The molecule has 1 rings (SSSR count). The van der Waals surface area contributed by atoms with Crippen molar-refractivity contribution in [3.05, 3.63) is 0 Å². The van der Waals surface area contributed by atoms with Crippen LogP contribution in [0, 0.1) is 5.41 Å². The second-order valence-electron chi connectivity index (χ2n) is 6.21. The number of alkyl halides is 10. The van der Waals surface area contributed by atoms with E-state index in [1.807, 2.05) is 0 Å². The van der Waals surface area contributed by atoms with Gasteiger partial charge >= 0.3 is 23.7 Å². The van der Waals surface area contributed by atoms with Crippen molar-refractivity contribution in [3.63, 3.8) is 0 Å². The minimum absolute atomic E-state index is 0.321. The van der Waals surface area contributed by atoms with Crippen molar-refractivity contribution in [1.29, 1.82) is 0 Å². The molecule has 0 aromatic rings. The van der Waals surface area contributed by atoms with E-state index in [9.17, 15) is 43.9 Å². The third-order valence-electron chi connectivity index (χ3n) is 3.87. The van der Waals surface area contributed by atoms with Gasteiger partial charge < -0.3 is 0 Å². The minimum atomic E-state index is -6.37. The first-order chi connectivity index (χ1) is 8.75. The number of halogens is 10. The summed E-state index contributed by atoms with van der Waals surface area (Å²) in [6.45, 7) is 0.169. The first-order valence-electron chi connectivity index (χ1n) is 5.64. The van der Waals surface area contributed by atoms with E-state index in [-0.39, 0.29) is 0 Å². The summed E-state index contributed by atoms with van der Waals surface area (Å²) in [5.41, 5.74) is -14.4. The van der Waals surface area contributed by atoms with Crippen LogP contribution in [0.3, 0.4) is 0 Å². The SMILES string of the molecule is CC(C)(C)C1(F)C(F)(F)C(F)(F)C(C)(F)C(F)(F)C1(F)F. The van der Waals surface area contributed by atoms with Gasteiger partial charge in [-0.2, -0.15) is 35.1 Å². The Morgan fingerprint density at radius 1 is 0.524 bits per heavy atom. The average molecular weight is 334 g/mol. The number of rotatable bonds is 0. The highest BCUT2D eigenvalue weighted by Crippen LogP contribution is 2.72. The molecule has 0 aromatic carbocycles. The predicted octanol–water partition coefficient (Wildman–Crippen LogP) is 5.02. The lowest BCUT2D eigenvalue weighted by Gasteiger charge is -2.58. The van der Waals surface area contributed by atoms with Crippen LogP contribution >= 0.6 is 0 Å². The molecule has 0 N–H and O–H groups in total. The van der Waals surface area contributed by atoms with E-state index in [0.717, 1.165) is 0 Å². The van der Waals surface area contributed by atoms with E-state index in [4.69, 9.17) is 0 Å². The highest BCUT2D eigenvalue weighted by molar-refractivity contribution is 5.30. The summed E-state index contributed by atoms with van der Waals surface area (Å²) < 4.78 is 136. The maximum atomic E-state index is 14.3. The molecule has 0 aromatic heterocycles. The van der Waals surface area contributed by atoms with E-state index >= 15 is 0 Å². The largest absolute Gasteiger partial charge is 0.353 e. The summed E-state index contributed by atoms with van der Waals surface area (Å²) in [6, 6.07) is 0. The molecule has 21 heavy (non-hydrogen) atoms. The van der Waals surface area contributed by atoms with E-state index < -0.39 is 47.4 Å². The molecule has 0 nitrogen and oxygen atoms in total. The third kappa shape index (κ3) is 1.49. The highest BCUT2D eigenvalue weighted by atomic mass is 19.4. The van der Waals surface area contributed by atoms with Crippen molar-refractivity contribution in [2.24, 2.45) is 5.41 Å². The van der Waals surface area contributed by atoms with Crippen molar-refractivity contribution in [3.8, 4) is 0 Å². The van der Waals surface area contributed by atoms with E-state index in [1.165, 1.54) is 0 Å². The van der Waals surface area contributed by atoms with Crippen molar-refractivity contribution >= 4 is 0 Å². The van der Waals surface area contributed by atoms with Crippen molar-refractivity contribution < 1.29 is 43.9 Å². The lowest BCUT2D eigenvalue weighted by Crippen LogP contribution is -2.86. The zero-order valence-electron chi connectivity index (χ0n) is 11.3. The zero-order chi connectivity index (χ0) is 17.5. The van der Waals surface area contributed by atoms with Gasteiger partial charge in [-0.25, -0.2) is 8.78 Å². The van der Waals surface area contributed by atoms with Gasteiger partial charge in [0.2, 0.25) is 5.67 Å². The van der Waals surface area contributed by atoms with Crippen LogP contribution in [0.2, 0.25) is 0 Å². The van der Waals surface area contributed by atoms with Crippen LogP contribution in [0.1, 0.15) is 27.7 Å². The van der Waals surface area contributed by atoms with Gasteiger partial charge in [-0.1, -0.05) is 20.8 Å². The molecule has 0 atom stereocenters. The van der Waals surface area contributed by atoms with Crippen LogP contribution < -0.4 is 0 Å². The molecule has 1 aliphatic rings. The summed E-state index contributed by atoms with van der Waals surface area (Å²) in [5, 5.41) is 0. The quantitative estimate of drug-likeness (QED) is 0.546. The van der Waals surface area contributed by atoms with Crippen molar-refractivity contribution in [2.45, 2.75) is 62.7 Å². The summed E-state index contributed by atoms with van der Waals surface area (Å²) in [7, 11) is 0. The van der Waals surface area contributed by atoms with Crippen molar-refractivity contribution in [2.75, 3.05) is 0 Å². The van der Waals surface area contributed by atoms with E-state index in [1.54, 1.807) is 0 Å². The molecule has 0 radical (unpaired) electrons. The molecule has 0 spiro atoms. The Bertz CT molecular complexity index is 412. The Morgan fingerprint density at radius 2 is 0.762 bits per heavy atom. The summed E-state index contributed by atoms with van der Waals surface area (Å²) in [6.07, 6.45) is 0. The van der Waals surface area contributed by atoms with Crippen LogP contribution in [0.15, 0.2) is 0 Å². The predicted molar refractivity (Wildman–Crippen MR) is 52.6 cm³/mol. The second kappa shape index (κ2) is 3.79. The molecule has 0 saturated heterocycles. The maximum absolute atomic E-state index is 14.3. The molecule has 1 fully saturated rings. The Morgan fingerprint density at radius 3 is 0.952 bits per heavy atom. The number of hydrogen-bond donors (Lipinski definition) is 0. The molecular weight excluding hydrogens is 322 g/mol. The molecule has 0 aliphatic heterocycles. The molecule has 0 bridgehead atoms. The topological polar surface area (TPSA) is 0 Å². The summed E-state index contributed by atoms with van der Waals surface area (Å²) >= 11 is 0. The van der Waals surface area contributed by atoms with E-state index in [0.29, 0.717) is 20.8 Å². The zero-order valence-corrected chi connectivity index (χ0v) is 11.3. The van der Waals surface area contributed by atoms with Gasteiger partial charge in [0, 0.05) is 5.41 Å². The van der Waals surface area contributed by atoms with Gasteiger partial charge in [-0.05, 0) is 6.92 Å². The molecule has 126 valence electrons. The normalized spacial score (nSPS) is 40.9. The second-order valence-corrected chi connectivity index (χ2v) is 6.21. The maximum Gasteiger partial charge on any atom is 0.353 e. The Hall–Kier alpha value is -0.700. The van der Waals surface area contributed by atoms with Crippen LogP contribution in [0.4, 0.5) is 43.9 Å². The van der Waals surface area contributed by atoms with Gasteiger partial charge in [0.15, 0.2) is 0 Å². The minimum Gasteiger partial charge on any atom is -0.230 e. The molecule has 0 amide bonds. The Kier molecular flexibility index (Phi) is 3.31. The third-order valence-corrected chi connectivity index (χ3v) is 3.87. The smallest absolute Gasteiger partial charge is 0.230 e. The standard InChI is InChI=1S/C11H12F10/c1-5(2,3)7(13)10(18,19)8(14,15)6(4,12)9(16,17)11(7,20)21/h1-4H3. The van der Waals surface area contributed by atoms with Gasteiger partial charge in [0.05, 0.1) is 0 Å². The lowest BCUT2D eigenvalue weighted by atomic mass is 9.59. The monoisotopic (exact) mass is 334 g/mol. The molecule has 1 saturated carbocycles. The molecule has 0 heterocycles. The molecule has 0 unspecified atom stereocenters.